The molecule has 1 saturated heterocycles. The molecule has 0 radical (unpaired) electrons. The van der Waals surface area contributed by atoms with Gasteiger partial charge < -0.3 is 14.3 Å². The Balaban J connectivity index is 1.10. The highest BCUT2D eigenvalue weighted by atomic mass is 16.5. The normalized spacial score (nSPS) is 31.2. The summed E-state index contributed by atoms with van der Waals surface area (Å²) in [4.78, 5) is 30.4. The van der Waals surface area contributed by atoms with Crippen LogP contribution < -0.4 is 0 Å². The van der Waals surface area contributed by atoms with Crippen molar-refractivity contribution in [1.29, 1.82) is 0 Å². The Hall–Kier alpha value is -2.63. The summed E-state index contributed by atoms with van der Waals surface area (Å²) in [6.07, 6.45) is 7.31. The van der Waals surface area contributed by atoms with Crippen LogP contribution in [0, 0.1) is 30.1 Å². The van der Waals surface area contributed by atoms with Gasteiger partial charge in [-0.15, -0.1) is 0 Å². The summed E-state index contributed by atoms with van der Waals surface area (Å²) in [6.45, 7) is 4.38. The van der Waals surface area contributed by atoms with Crippen molar-refractivity contribution >= 4 is 11.8 Å². The Kier molecular flexibility index (Phi) is 4.67. The minimum atomic E-state index is -0.141. The SMILES string of the molecule is Cc1ccc(-c2cc(C(=O)N3CCN(C(=O)C45CC6CC(CC(C6)C4)C5)CC3)on2)cc1. The molecule has 4 bridgehead atoms. The van der Waals surface area contributed by atoms with Gasteiger partial charge in [0.25, 0.3) is 5.91 Å². The molecule has 2 aromatic rings. The average Bonchev–Trinajstić information content (AvgIpc) is 3.28. The van der Waals surface area contributed by atoms with Crippen LogP contribution in [0.3, 0.4) is 0 Å². The summed E-state index contributed by atoms with van der Waals surface area (Å²) in [5.41, 5.74) is 2.68. The van der Waals surface area contributed by atoms with E-state index in [1.807, 2.05) is 36.1 Å². The fraction of sp³-hybridized carbons (Fsp3) is 0.577. The minimum absolute atomic E-state index is 0.102. The monoisotopic (exact) mass is 433 g/mol. The first-order valence-corrected chi connectivity index (χ1v) is 12.1. The fourth-order valence-electron chi connectivity index (χ4n) is 7.21. The predicted octanol–water partition coefficient (Wildman–Crippen LogP) is 4.15. The average molecular weight is 434 g/mol. The Morgan fingerprint density at radius 3 is 2.06 bits per heavy atom. The summed E-state index contributed by atoms with van der Waals surface area (Å²) in [5, 5.41) is 4.09. The molecule has 168 valence electrons. The first-order chi connectivity index (χ1) is 15.5. The van der Waals surface area contributed by atoms with Crippen LogP contribution in [-0.4, -0.2) is 52.9 Å². The molecule has 4 saturated carbocycles. The van der Waals surface area contributed by atoms with E-state index in [1.165, 1.54) is 24.8 Å². The molecule has 0 atom stereocenters. The van der Waals surface area contributed by atoms with Crippen molar-refractivity contribution in [2.45, 2.75) is 45.4 Å². The lowest BCUT2D eigenvalue weighted by Crippen LogP contribution is -2.58. The summed E-state index contributed by atoms with van der Waals surface area (Å²) in [6, 6.07) is 9.73. The third kappa shape index (κ3) is 3.35. The van der Waals surface area contributed by atoms with Gasteiger partial charge in [0.1, 0.15) is 5.69 Å². The highest BCUT2D eigenvalue weighted by Crippen LogP contribution is 2.60. The molecule has 0 N–H and O–H groups in total. The van der Waals surface area contributed by atoms with Crippen LogP contribution in [-0.2, 0) is 4.79 Å². The fourth-order valence-corrected chi connectivity index (χ4v) is 7.21. The molecule has 0 unspecified atom stereocenters. The molecular weight excluding hydrogens is 402 g/mol. The van der Waals surface area contributed by atoms with E-state index in [0.717, 1.165) is 42.6 Å². The Bertz CT molecular complexity index is 998. The van der Waals surface area contributed by atoms with Crippen molar-refractivity contribution in [1.82, 2.24) is 15.0 Å². The van der Waals surface area contributed by atoms with Crippen LogP contribution in [0.2, 0.25) is 0 Å². The second-order valence-corrected chi connectivity index (χ2v) is 10.7. The summed E-state index contributed by atoms with van der Waals surface area (Å²) >= 11 is 0. The Morgan fingerprint density at radius 1 is 0.906 bits per heavy atom. The van der Waals surface area contributed by atoms with Gasteiger partial charge in [0.05, 0.1) is 5.41 Å². The van der Waals surface area contributed by atoms with E-state index in [2.05, 4.69) is 5.16 Å². The maximum absolute atomic E-state index is 13.6. The molecule has 1 aliphatic heterocycles. The molecule has 2 heterocycles. The third-order valence-corrected chi connectivity index (χ3v) is 8.41. The number of nitrogens with zero attached hydrogens (tertiary/aromatic N) is 3. The number of hydrogen-bond acceptors (Lipinski definition) is 4. The van der Waals surface area contributed by atoms with Gasteiger partial charge in [0.2, 0.25) is 11.7 Å². The van der Waals surface area contributed by atoms with Crippen molar-refractivity contribution in [3.05, 3.63) is 41.7 Å². The highest BCUT2D eigenvalue weighted by molar-refractivity contribution is 5.92. The molecule has 4 aliphatic carbocycles. The zero-order valence-electron chi connectivity index (χ0n) is 18.8. The predicted molar refractivity (Wildman–Crippen MR) is 120 cm³/mol. The van der Waals surface area contributed by atoms with Gasteiger partial charge in [0.15, 0.2) is 0 Å². The Morgan fingerprint density at radius 2 is 1.47 bits per heavy atom. The second kappa shape index (κ2) is 7.46. The summed E-state index contributed by atoms with van der Waals surface area (Å²) in [7, 11) is 0. The van der Waals surface area contributed by atoms with Crippen molar-refractivity contribution in [3.63, 3.8) is 0 Å². The minimum Gasteiger partial charge on any atom is -0.350 e. The summed E-state index contributed by atoms with van der Waals surface area (Å²) < 4.78 is 5.38. The van der Waals surface area contributed by atoms with E-state index >= 15 is 0 Å². The van der Waals surface area contributed by atoms with Crippen molar-refractivity contribution < 1.29 is 14.1 Å². The van der Waals surface area contributed by atoms with E-state index in [1.54, 1.807) is 11.0 Å². The molecule has 2 amide bonds. The molecule has 6 heteroatoms. The van der Waals surface area contributed by atoms with Crippen LogP contribution in [0.4, 0.5) is 0 Å². The smallest absolute Gasteiger partial charge is 0.292 e. The van der Waals surface area contributed by atoms with Gasteiger partial charge in [-0.3, -0.25) is 9.59 Å². The highest BCUT2D eigenvalue weighted by Gasteiger charge is 2.55. The molecule has 7 rings (SSSR count). The number of carbonyl (C=O) groups is 2. The van der Waals surface area contributed by atoms with Crippen molar-refractivity contribution in [3.8, 4) is 11.3 Å². The van der Waals surface area contributed by atoms with E-state index in [4.69, 9.17) is 4.52 Å². The number of hydrogen-bond donors (Lipinski definition) is 0. The number of aromatic nitrogens is 1. The number of carbonyl (C=O) groups excluding carboxylic acids is 2. The van der Waals surface area contributed by atoms with Crippen LogP contribution >= 0.6 is 0 Å². The molecule has 0 spiro atoms. The number of aryl methyl sites for hydroxylation is 1. The van der Waals surface area contributed by atoms with Gasteiger partial charge in [-0.2, -0.15) is 0 Å². The topological polar surface area (TPSA) is 66.7 Å². The van der Waals surface area contributed by atoms with Gasteiger partial charge in [0, 0.05) is 37.8 Å². The largest absolute Gasteiger partial charge is 0.350 e. The lowest BCUT2D eigenvalue weighted by Gasteiger charge is -2.57. The van der Waals surface area contributed by atoms with Gasteiger partial charge in [-0.25, -0.2) is 0 Å². The lowest BCUT2D eigenvalue weighted by atomic mass is 9.49. The quantitative estimate of drug-likeness (QED) is 0.729. The molecule has 5 aliphatic rings. The van der Waals surface area contributed by atoms with E-state index in [-0.39, 0.29) is 17.1 Å². The number of rotatable bonds is 3. The van der Waals surface area contributed by atoms with E-state index < -0.39 is 0 Å². The van der Waals surface area contributed by atoms with E-state index in [0.29, 0.717) is 37.8 Å². The van der Waals surface area contributed by atoms with Crippen molar-refractivity contribution in [2.75, 3.05) is 26.2 Å². The van der Waals surface area contributed by atoms with Gasteiger partial charge in [-0.05, 0) is 63.2 Å². The maximum atomic E-state index is 13.6. The lowest BCUT2D eigenvalue weighted by molar-refractivity contribution is -0.159. The number of piperazine rings is 1. The zero-order chi connectivity index (χ0) is 21.9. The van der Waals surface area contributed by atoms with Crippen LogP contribution in [0.5, 0.6) is 0 Å². The molecule has 1 aromatic heterocycles. The van der Waals surface area contributed by atoms with Crippen LogP contribution in [0.15, 0.2) is 34.9 Å². The first-order valence-electron chi connectivity index (χ1n) is 12.1. The van der Waals surface area contributed by atoms with Crippen LogP contribution in [0.25, 0.3) is 11.3 Å². The van der Waals surface area contributed by atoms with Crippen LogP contribution in [0.1, 0.15) is 54.6 Å². The standard InChI is InChI=1S/C26H31N3O3/c1-17-2-4-21(5-3-17)22-13-23(32-27-22)24(30)28-6-8-29(9-7-28)25(31)26-14-18-10-19(15-26)12-20(11-18)16-26/h2-5,13,18-20H,6-12,14-16H2,1H3. The third-order valence-electron chi connectivity index (χ3n) is 8.41. The van der Waals surface area contributed by atoms with Gasteiger partial charge >= 0.3 is 0 Å². The van der Waals surface area contributed by atoms with E-state index in [9.17, 15) is 9.59 Å². The molecular formula is C26H31N3O3. The molecule has 1 aromatic carbocycles. The second-order valence-electron chi connectivity index (χ2n) is 10.7. The summed E-state index contributed by atoms with van der Waals surface area (Å²) in [5.74, 6) is 2.79. The molecule has 6 nitrogen and oxygen atoms in total. The Labute approximate surface area is 188 Å². The first kappa shape index (κ1) is 20.0. The maximum Gasteiger partial charge on any atom is 0.292 e. The molecule has 5 fully saturated rings. The van der Waals surface area contributed by atoms with Crippen molar-refractivity contribution in [2.24, 2.45) is 23.2 Å². The number of amides is 2. The molecule has 32 heavy (non-hydrogen) atoms. The number of benzene rings is 1. The van der Waals surface area contributed by atoms with Gasteiger partial charge in [-0.1, -0.05) is 35.0 Å². The zero-order valence-corrected chi connectivity index (χ0v) is 18.8.